The van der Waals surface area contributed by atoms with Gasteiger partial charge in [-0.2, -0.15) is 0 Å². The lowest BCUT2D eigenvalue weighted by molar-refractivity contribution is -0.139. The molecule has 0 spiro atoms. The highest BCUT2D eigenvalue weighted by Crippen LogP contribution is 2.24. The number of esters is 1. The maximum atomic E-state index is 13.7. The number of benzene rings is 2. The second-order valence-electron chi connectivity index (χ2n) is 4.19. The van der Waals surface area contributed by atoms with E-state index in [4.69, 9.17) is 5.73 Å². The fourth-order valence-electron chi connectivity index (χ4n) is 1.81. The average Bonchev–Trinajstić information content (AvgIpc) is 2.50. The molecule has 2 aromatic carbocycles. The SMILES string of the molecule is CC.COC(=O)Cc1ccc(-c2ccc(N)cc2F)cc1. The number of methoxy groups -OCH3 is 1. The molecule has 21 heavy (non-hydrogen) atoms. The highest BCUT2D eigenvalue weighted by atomic mass is 19.1. The normalized spacial score (nSPS) is 9.52. The molecule has 0 aromatic heterocycles. The fourth-order valence-corrected chi connectivity index (χ4v) is 1.81. The standard InChI is InChI=1S/C15H14FNO2.C2H6/c1-19-15(18)8-10-2-4-11(5-3-10)13-7-6-12(17)9-14(13)16;1-2/h2-7,9H,8,17H2,1H3;1-2H3. The Morgan fingerprint density at radius 3 is 2.29 bits per heavy atom. The molecule has 0 saturated heterocycles. The molecule has 3 nitrogen and oxygen atoms in total. The van der Waals surface area contributed by atoms with E-state index in [1.54, 1.807) is 36.4 Å². The summed E-state index contributed by atoms with van der Waals surface area (Å²) in [6.07, 6.45) is 0.209. The van der Waals surface area contributed by atoms with Crippen LogP contribution in [0, 0.1) is 5.82 Å². The lowest BCUT2D eigenvalue weighted by Crippen LogP contribution is -2.04. The number of carbonyl (C=O) groups is 1. The van der Waals surface area contributed by atoms with Crippen LogP contribution in [0.4, 0.5) is 10.1 Å². The Kier molecular flexibility index (Phi) is 6.40. The minimum atomic E-state index is -0.360. The third-order valence-electron chi connectivity index (χ3n) is 2.83. The predicted molar refractivity (Wildman–Crippen MR) is 83.3 cm³/mol. The minimum absolute atomic E-state index is 0.209. The summed E-state index contributed by atoms with van der Waals surface area (Å²) in [5.74, 6) is -0.660. The van der Waals surface area contributed by atoms with Gasteiger partial charge in [-0.1, -0.05) is 38.1 Å². The number of halogens is 1. The summed E-state index contributed by atoms with van der Waals surface area (Å²) in [6.45, 7) is 4.00. The number of rotatable bonds is 3. The van der Waals surface area contributed by atoms with Crippen LogP contribution in [-0.2, 0) is 16.0 Å². The van der Waals surface area contributed by atoms with Crippen molar-refractivity contribution in [2.75, 3.05) is 12.8 Å². The number of anilines is 1. The van der Waals surface area contributed by atoms with E-state index < -0.39 is 0 Å². The molecule has 0 heterocycles. The van der Waals surface area contributed by atoms with Crippen molar-refractivity contribution < 1.29 is 13.9 Å². The number of nitrogens with two attached hydrogens (primary N) is 1. The van der Waals surface area contributed by atoms with E-state index >= 15 is 0 Å². The van der Waals surface area contributed by atoms with E-state index in [2.05, 4.69) is 4.74 Å². The molecule has 112 valence electrons. The predicted octanol–water partition coefficient (Wildman–Crippen LogP) is 3.82. The van der Waals surface area contributed by atoms with Gasteiger partial charge in [0.2, 0.25) is 0 Å². The molecule has 0 atom stereocenters. The van der Waals surface area contributed by atoms with Crippen molar-refractivity contribution in [3.8, 4) is 11.1 Å². The third kappa shape index (κ3) is 4.60. The van der Waals surface area contributed by atoms with E-state index in [0.29, 0.717) is 11.3 Å². The fraction of sp³-hybridized carbons (Fsp3) is 0.235. The maximum absolute atomic E-state index is 13.7. The van der Waals surface area contributed by atoms with Gasteiger partial charge in [-0.3, -0.25) is 4.79 Å². The van der Waals surface area contributed by atoms with Crippen molar-refractivity contribution in [2.24, 2.45) is 0 Å². The largest absolute Gasteiger partial charge is 0.469 e. The molecule has 4 heteroatoms. The van der Waals surface area contributed by atoms with Gasteiger partial charge < -0.3 is 10.5 Å². The Labute approximate surface area is 124 Å². The molecular weight excluding hydrogens is 269 g/mol. The van der Waals surface area contributed by atoms with Gasteiger partial charge in [0.1, 0.15) is 5.82 Å². The van der Waals surface area contributed by atoms with Gasteiger partial charge in [0.25, 0.3) is 0 Å². The number of hydrogen-bond acceptors (Lipinski definition) is 3. The Hall–Kier alpha value is -2.36. The van der Waals surface area contributed by atoms with Gasteiger partial charge in [-0.05, 0) is 29.3 Å². The van der Waals surface area contributed by atoms with E-state index in [-0.39, 0.29) is 18.2 Å². The molecule has 0 amide bonds. The van der Waals surface area contributed by atoms with Crippen LogP contribution in [0.3, 0.4) is 0 Å². The van der Waals surface area contributed by atoms with Crippen LogP contribution in [-0.4, -0.2) is 13.1 Å². The number of ether oxygens (including phenoxy) is 1. The highest BCUT2D eigenvalue weighted by molar-refractivity contribution is 5.73. The summed E-state index contributed by atoms with van der Waals surface area (Å²) in [5, 5.41) is 0. The van der Waals surface area contributed by atoms with E-state index in [0.717, 1.165) is 11.1 Å². The van der Waals surface area contributed by atoms with E-state index in [1.165, 1.54) is 13.2 Å². The van der Waals surface area contributed by atoms with Crippen LogP contribution >= 0.6 is 0 Å². The van der Waals surface area contributed by atoms with Crippen LogP contribution < -0.4 is 5.73 Å². The Morgan fingerprint density at radius 2 is 1.76 bits per heavy atom. The first-order chi connectivity index (χ1) is 10.1. The summed E-state index contributed by atoms with van der Waals surface area (Å²) in [6, 6.07) is 11.7. The van der Waals surface area contributed by atoms with Crippen LogP contribution in [0.1, 0.15) is 19.4 Å². The topological polar surface area (TPSA) is 52.3 Å². The quantitative estimate of drug-likeness (QED) is 0.690. The van der Waals surface area contributed by atoms with Gasteiger partial charge in [0.15, 0.2) is 0 Å². The highest BCUT2D eigenvalue weighted by Gasteiger charge is 2.07. The second kappa shape index (κ2) is 8.04. The lowest BCUT2D eigenvalue weighted by atomic mass is 10.0. The second-order valence-corrected chi connectivity index (χ2v) is 4.19. The maximum Gasteiger partial charge on any atom is 0.309 e. The summed E-state index contributed by atoms with van der Waals surface area (Å²) in [4.78, 5) is 11.1. The van der Waals surface area contributed by atoms with Gasteiger partial charge in [-0.25, -0.2) is 4.39 Å². The van der Waals surface area contributed by atoms with Crippen molar-refractivity contribution in [2.45, 2.75) is 20.3 Å². The van der Waals surface area contributed by atoms with E-state index in [1.807, 2.05) is 13.8 Å². The Bertz CT molecular complexity index is 594. The zero-order chi connectivity index (χ0) is 15.8. The first-order valence-corrected chi connectivity index (χ1v) is 6.81. The van der Waals surface area contributed by atoms with Gasteiger partial charge in [0, 0.05) is 11.3 Å². The summed E-state index contributed by atoms with van der Waals surface area (Å²) < 4.78 is 18.3. The molecule has 0 bridgehead atoms. The third-order valence-corrected chi connectivity index (χ3v) is 2.83. The summed E-state index contributed by atoms with van der Waals surface area (Å²) in [5.41, 5.74) is 7.95. The smallest absolute Gasteiger partial charge is 0.309 e. The molecule has 0 unspecified atom stereocenters. The Morgan fingerprint density at radius 1 is 1.14 bits per heavy atom. The number of carbonyl (C=O) groups excluding carboxylic acids is 1. The first-order valence-electron chi connectivity index (χ1n) is 6.81. The van der Waals surface area contributed by atoms with Crippen LogP contribution in [0.15, 0.2) is 42.5 Å². The molecule has 0 radical (unpaired) electrons. The van der Waals surface area contributed by atoms with Crippen LogP contribution in [0.2, 0.25) is 0 Å². The van der Waals surface area contributed by atoms with Gasteiger partial charge in [-0.15, -0.1) is 0 Å². The molecule has 2 aromatic rings. The molecule has 2 rings (SSSR count). The molecular formula is C17H20FNO2. The lowest BCUT2D eigenvalue weighted by Gasteiger charge is -2.06. The molecule has 0 aliphatic carbocycles. The summed E-state index contributed by atoms with van der Waals surface area (Å²) in [7, 11) is 1.35. The number of nitrogen functional groups attached to an aromatic ring is 1. The van der Waals surface area contributed by atoms with Gasteiger partial charge >= 0.3 is 5.97 Å². The van der Waals surface area contributed by atoms with Gasteiger partial charge in [0.05, 0.1) is 13.5 Å². The van der Waals surface area contributed by atoms with Crippen molar-refractivity contribution in [1.82, 2.24) is 0 Å². The zero-order valence-electron chi connectivity index (χ0n) is 12.5. The summed E-state index contributed by atoms with van der Waals surface area (Å²) >= 11 is 0. The van der Waals surface area contributed by atoms with Crippen molar-refractivity contribution >= 4 is 11.7 Å². The molecule has 0 aliphatic heterocycles. The molecule has 0 saturated carbocycles. The monoisotopic (exact) mass is 289 g/mol. The molecule has 0 aliphatic rings. The number of hydrogen-bond donors (Lipinski definition) is 1. The average molecular weight is 289 g/mol. The first kappa shape index (κ1) is 16.7. The van der Waals surface area contributed by atoms with Crippen molar-refractivity contribution in [3.63, 3.8) is 0 Å². The van der Waals surface area contributed by atoms with Crippen LogP contribution in [0.5, 0.6) is 0 Å². The minimum Gasteiger partial charge on any atom is -0.469 e. The van der Waals surface area contributed by atoms with Crippen molar-refractivity contribution in [3.05, 3.63) is 53.8 Å². The van der Waals surface area contributed by atoms with Crippen LogP contribution in [0.25, 0.3) is 11.1 Å². The van der Waals surface area contributed by atoms with Crippen molar-refractivity contribution in [1.29, 1.82) is 0 Å². The molecule has 0 fully saturated rings. The molecule has 2 N–H and O–H groups in total. The Balaban J connectivity index is 0.00000106. The zero-order valence-corrected chi connectivity index (χ0v) is 12.5. The van der Waals surface area contributed by atoms with E-state index in [9.17, 15) is 9.18 Å².